The maximum absolute atomic E-state index is 10.5. The van der Waals surface area contributed by atoms with E-state index in [4.69, 9.17) is 19.7 Å². The lowest BCUT2D eigenvalue weighted by atomic mass is 10.0. The first-order valence-corrected chi connectivity index (χ1v) is 6.49. The number of nitro groups is 1. The second-order valence-electron chi connectivity index (χ2n) is 4.45. The van der Waals surface area contributed by atoms with E-state index in [1.165, 1.54) is 24.3 Å². The molecule has 2 rings (SSSR count). The Morgan fingerprint density at radius 3 is 2.41 bits per heavy atom. The van der Waals surface area contributed by atoms with E-state index in [2.05, 4.69) is 0 Å². The van der Waals surface area contributed by atoms with Crippen molar-refractivity contribution in [2.45, 2.75) is 31.0 Å². The number of hydrogen-bond acceptors (Lipinski definition) is 8. The van der Waals surface area contributed by atoms with Crippen molar-refractivity contribution in [3.63, 3.8) is 0 Å². The summed E-state index contributed by atoms with van der Waals surface area (Å²) in [6.45, 7) is -0.446. The van der Waals surface area contributed by atoms with Crippen LogP contribution in [0.3, 0.4) is 0 Å². The topological polar surface area (TPSA) is 143 Å². The van der Waals surface area contributed by atoms with Gasteiger partial charge in [-0.15, -0.1) is 0 Å². The third-order valence-corrected chi connectivity index (χ3v) is 3.03. The molecule has 4 N–H and O–H groups in total. The van der Waals surface area contributed by atoms with Crippen LogP contribution >= 0.6 is 0 Å². The van der Waals surface area contributed by atoms with Gasteiger partial charge < -0.3 is 29.9 Å². The number of aliphatic hydroxyl groups is 4. The average molecular weight is 317 g/mol. The van der Waals surface area contributed by atoms with Crippen molar-refractivity contribution in [3.05, 3.63) is 34.4 Å². The minimum Gasteiger partial charge on any atom is -0.465 e. The monoisotopic (exact) mass is 317 g/mol. The van der Waals surface area contributed by atoms with Crippen LogP contribution in [0.5, 0.6) is 5.75 Å². The molecule has 1 aliphatic heterocycles. The fourth-order valence-corrected chi connectivity index (χ4v) is 1.94. The number of ether oxygens (including phenoxy) is 2. The van der Waals surface area contributed by atoms with Crippen LogP contribution < -0.4 is 4.74 Å². The predicted molar refractivity (Wildman–Crippen MR) is 74.2 cm³/mol. The van der Waals surface area contributed by atoms with Gasteiger partial charge in [-0.1, -0.05) is 0 Å². The molecule has 0 aliphatic carbocycles. The minimum atomic E-state index is -1.17. The molecule has 0 saturated carbocycles. The number of nitro benzene ring substituents is 1. The summed E-state index contributed by atoms with van der Waals surface area (Å²) in [4.78, 5) is 9.99. The van der Waals surface area contributed by atoms with Gasteiger partial charge in [0.1, 0.15) is 18.0 Å². The van der Waals surface area contributed by atoms with Gasteiger partial charge >= 0.3 is 0 Å². The van der Waals surface area contributed by atoms with Gasteiger partial charge in [0.25, 0.3) is 5.69 Å². The lowest BCUT2D eigenvalue weighted by Crippen LogP contribution is -2.51. The second-order valence-corrected chi connectivity index (χ2v) is 4.45. The molecule has 1 aromatic carbocycles. The van der Waals surface area contributed by atoms with Crippen molar-refractivity contribution in [2.24, 2.45) is 0 Å². The van der Waals surface area contributed by atoms with Crippen LogP contribution in [0.4, 0.5) is 5.69 Å². The number of non-ortho nitro benzene ring substituents is 1. The molecular formula is C13H19NO8. The van der Waals surface area contributed by atoms with Gasteiger partial charge in [-0.25, -0.2) is 0 Å². The summed E-state index contributed by atoms with van der Waals surface area (Å²) in [6, 6.07) is 5.39. The predicted octanol–water partition coefficient (Wildman–Crippen LogP) is -0.589. The number of nitrogens with zero attached hydrogens (tertiary/aromatic N) is 1. The minimum absolute atomic E-state index is 0.0364. The molecular weight excluding hydrogens is 298 g/mol. The Kier molecular flexibility index (Phi) is 7.15. The Labute approximate surface area is 126 Å². The summed E-state index contributed by atoms with van der Waals surface area (Å²) in [5.41, 5.74) is -0.0643. The van der Waals surface area contributed by atoms with Crippen molar-refractivity contribution < 1.29 is 34.8 Å². The van der Waals surface area contributed by atoms with E-state index in [1.54, 1.807) is 0 Å². The van der Waals surface area contributed by atoms with E-state index in [0.29, 0.717) is 5.75 Å². The van der Waals surface area contributed by atoms with Gasteiger partial charge in [0.2, 0.25) is 6.29 Å². The highest BCUT2D eigenvalue weighted by Gasteiger charge is 2.37. The van der Waals surface area contributed by atoms with Crippen LogP contribution in [0.2, 0.25) is 0 Å². The first-order chi connectivity index (χ1) is 10.5. The van der Waals surface area contributed by atoms with E-state index < -0.39 is 36.1 Å². The number of hydrogen-bond donors (Lipinski definition) is 4. The molecule has 9 heteroatoms. The number of benzene rings is 1. The summed E-state index contributed by atoms with van der Waals surface area (Å²) < 4.78 is 10.7. The molecule has 0 amide bonds. The standard InChI is InChI=1S/C12H15NO7.CH4O/c14-6-10-12(16)9(15)5-11(20-10)19-8-3-1-7(2-4-8)13(17)18;1-2/h1-4,9-12,14-16H,5-6H2;2H,1H3/t9-,10?,11-,12-;/m1./s1. The SMILES string of the molecule is CO.O=[N+]([O-])c1ccc(O[C@H]2C[C@@H](O)[C@@H](O)C(CO)O2)cc1. The highest BCUT2D eigenvalue weighted by Crippen LogP contribution is 2.24. The van der Waals surface area contributed by atoms with Crippen LogP contribution in [0.15, 0.2) is 24.3 Å². The van der Waals surface area contributed by atoms with Gasteiger partial charge in [0.15, 0.2) is 0 Å². The summed E-state index contributed by atoms with van der Waals surface area (Å²) in [5, 5.41) is 45.7. The van der Waals surface area contributed by atoms with Crippen LogP contribution in [0, 0.1) is 10.1 Å². The molecule has 1 fully saturated rings. The molecule has 9 nitrogen and oxygen atoms in total. The van der Waals surface area contributed by atoms with Crippen molar-refractivity contribution in [3.8, 4) is 5.75 Å². The third-order valence-electron chi connectivity index (χ3n) is 3.03. The molecule has 22 heavy (non-hydrogen) atoms. The van der Waals surface area contributed by atoms with E-state index in [0.717, 1.165) is 7.11 Å². The van der Waals surface area contributed by atoms with Crippen LogP contribution in [0.1, 0.15) is 6.42 Å². The molecule has 0 bridgehead atoms. The molecule has 0 aromatic heterocycles. The largest absolute Gasteiger partial charge is 0.465 e. The summed E-state index contributed by atoms with van der Waals surface area (Å²) in [7, 11) is 1.00. The summed E-state index contributed by atoms with van der Waals surface area (Å²) in [6.07, 6.45) is -3.97. The molecule has 1 saturated heterocycles. The average Bonchev–Trinajstić information content (AvgIpc) is 2.53. The van der Waals surface area contributed by atoms with Gasteiger partial charge in [-0.05, 0) is 12.1 Å². The Morgan fingerprint density at radius 1 is 1.32 bits per heavy atom. The highest BCUT2D eigenvalue weighted by molar-refractivity contribution is 5.36. The van der Waals surface area contributed by atoms with Crippen molar-refractivity contribution >= 4 is 5.69 Å². The Bertz CT molecular complexity index is 466. The molecule has 0 spiro atoms. The quantitative estimate of drug-likeness (QED) is 0.426. The molecule has 0 radical (unpaired) electrons. The fraction of sp³-hybridized carbons (Fsp3) is 0.538. The van der Waals surface area contributed by atoms with Crippen LogP contribution in [-0.4, -0.2) is 63.7 Å². The van der Waals surface area contributed by atoms with E-state index >= 15 is 0 Å². The summed E-state index contributed by atoms with van der Waals surface area (Å²) >= 11 is 0. The normalized spacial score (nSPS) is 27.5. The fourth-order valence-electron chi connectivity index (χ4n) is 1.94. The van der Waals surface area contributed by atoms with Gasteiger partial charge in [-0.3, -0.25) is 10.1 Å². The van der Waals surface area contributed by atoms with Gasteiger partial charge in [0, 0.05) is 25.7 Å². The number of aliphatic hydroxyl groups excluding tert-OH is 4. The first kappa shape index (κ1) is 18.3. The summed E-state index contributed by atoms with van der Waals surface area (Å²) in [5.74, 6) is 0.334. The highest BCUT2D eigenvalue weighted by atomic mass is 16.7. The van der Waals surface area contributed by atoms with Gasteiger partial charge in [0.05, 0.1) is 17.6 Å². The van der Waals surface area contributed by atoms with Crippen molar-refractivity contribution in [1.82, 2.24) is 0 Å². The van der Waals surface area contributed by atoms with Crippen molar-refractivity contribution in [1.29, 1.82) is 0 Å². The van der Waals surface area contributed by atoms with Crippen LogP contribution in [0.25, 0.3) is 0 Å². The third kappa shape index (κ3) is 4.61. The second kappa shape index (κ2) is 8.61. The van der Waals surface area contributed by atoms with E-state index in [1.807, 2.05) is 0 Å². The molecule has 124 valence electrons. The van der Waals surface area contributed by atoms with Crippen molar-refractivity contribution in [2.75, 3.05) is 13.7 Å². The molecule has 1 aliphatic rings. The molecule has 1 aromatic rings. The molecule has 1 heterocycles. The molecule has 4 atom stereocenters. The van der Waals surface area contributed by atoms with E-state index in [-0.39, 0.29) is 12.1 Å². The zero-order chi connectivity index (χ0) is 16.7. The Balaban J connectivity index is 0.00000116. The Hall–Kier alpha value is -1.78. The van der Waals surface area contributed by atoms with E-state index in [9.17, 15) is 20.3 Å². The Morgan fingerprint density at radius 2 is 1.91 bits per heavy atom. The molecule has 1 unspecified atom stereocenters. The first-order valence-electron chi connectivity index (χ1n) is 6.49. The smallest absolute Gasteiger partial charge is 0.269 e. The maximum Gasteiger partial charge on any atom is 0.269 e. The zero-order valence-electron chi connectivity index (χ0n) is 11.9. The lowest BCUT2D eigenvalue weighted by Gasteiger charge is -2.36. The van der Waals surface area contributed by atoms with Gasteiger partial charge in [-0.2, -0.15) is 0 Å². The lowest BCUT2D eigenvalue weighted by molar-refractivity contribution is -0.384. The number of rotatable bonds is 4. The zero-order valence-corrected chi connectivity index (χ0v) is 11.9. The maximum atomic E-state index is 10.5. The van der Waals surface area contributed by atoms with Crippen LogP contribution in [-0.2, 0) is 4.74 Å².